The van der Waals surface area contributed by atoms with Gasteiger partial charge < -0.3 is 35.2 Å². The molecule has 2 aromatic rings. The smallest absolute Gasteiger partial charge is 0.414 e. The second kappa shape index (κ2) is 19.1. The summed E-state index contributed by atoms with van der Waals surface area (Å²) < 4.78 is 39.6. The fourth-order valence-corrected chi connectivity index (χ4v) is 8.61. The molecule has 328 valence electrons. The summed E-state index contributed by atoms with van der Waals surface area (Å²) in [6, 6.07) is 9.75. The van der Waals surface area contributed by atoms with Gasteiger partial charge in [-0.1, -0.05) is 42.5 Å². The number of allylic oxidation sites excluding steroid dienone is 1. The summed E-state index contributed by atoms with van der Waals surface area (Å²) in [5.74, 6) is -5.95. The summed E-state index contributed by atoms with van der Waals surface area (Å²) in [4.78, 5) is 102. The summed E-state index contributed by atoms with van der Waals surface area (Å²) in [7, 11) is -4.03. The molecule has 0 spiro atoms. The van der Waals surface area contributed by atoms with E-state index in [0.717, 1.165) is 9.80 Å². The maximum absolute atomic E-state index is 14.9. The molecule has 5 N–H and O–H groups in total. The van der Waals surface area contributed by atoms with Crippen molar-refractivity contribution < 1.29 is 66.5 Å². The summed E-state index contributed by atoms with van der Waals surface area (Å²) in [6.07, 6.45) is 2.00. The van der Waals surface area contributed by atoms with Crippen molar-refractivity contribution in [2.75, 3.05) is 43.1 Å². The van der Waals surface area contributed by atoms with Crippen molar-refractivity contribution >= 4 is 63.2 Å². The van der Waals surface area contributed by atoms with Crippen molar-refractivity contribution in [3.63, 3.8) is 0 Å². The Kier molecular flexibility index (Phi) is 13.9. The number of aliphatic carboxylic acids is 1. The van der Waals surface area contributed by atoms with Gasteiger partial charge in [0, 0.05) is 31.2 Å². The van der Waals surface area contributed by atoms with Crippen LogP contribution in [0.5, 0.6) is 0 Å². The average Bonchev–Trinajstić information content (AvgIpc) is 4.15. The molecule has 4 aliphatic rings. The van der Waals surface area contributed by atoms with E-state index in [0.29, 0.717) is 36.4 Å². The van der Waals surface area contributed by atoms with Crippen molar-refractivity contribution in [2.24, 2.45) is 5.92 Å². The predicted molar refractivity (Wildman–Crippen MR) is 214 cm³/mol. The lowest BCUT2D eigenvalue weighted by Gasteiger charge is -2.34. The Labute approximate surface area is 351 Å². The topological polar surface area (TPSA) is 268 Å². The molecule has 0 radical (unpaired) electrons. The van der Waals surface area contributed by atoms with E-state index in [1.165, 1.54) is 24.3 Å². The molecule has 3 fully saturated rings. The van der Waals surface area contributed by atoms with Gasteiger partial charge >= 0.3 is 24.1 Å². The lowest BCUT2D eigenvalue weighted by molar-refractivity contribution is -0.178. The van der Waals surface area contributed by atoms with Crippen molar-refractivity contribution in [3.8, 4) is 0 Å². The molecule has 61 heavy (non-hydrogen) atoms. The number of nitrogens with one attached hydrogen (secondary N) is 3. The Bertz CT molecular complexity index is 2150. The third kappa shape index (κ3) is 10.6. The fourth-order valence-electron chi connectivity index (χ4n) is 7.25. The Hall–Kier alpha value is -6.06. The number of hydrogen-bond acceptors (Lipinski definition) is 12. The number of urea groups is 1. The molecular weight excluding hydrogens is 821 g/mol. The summed E-state index contributed by atoms with van der Waals surface area (Å²) in [6.45, 7) is 0.142. The number of fused-ring (bicyclic) bond motifs is 2. The molecular formula is C40H48N6O14S. The van der Waals surface area contributed by atoms with Crippen molar-refractivity contribution in [1.29, 1.82) is 0 Å². The van der Waals surface area contributed by atoms with Crippen molar-refractivity contribution in [1.82, 2.24) is 20.0 Å². The molecule has 2 heterocycles. The highest BCUT2D eigenvalue weighted by Crippen LogP contribution is 2.46. The molecule has 21 heteroatoms. The van der Waals surface area contributed by atoms with Crippen LogP contribution in [0.15, 0.2) is 66.7 Å². The Morgan fingerprint density at radius 3 is 2.44 bits per heavy atom. The molecule has 1 saturated heterocycles. The highest BCUT2D eigenvalue weighted by atomic mass is 32.2. The van der Waals surface area contributed by atoms with Gasteiger partial charge in [-0.15, -0.1) is 0 Å². The summed E-state index contributed by atoms with van der Waals surface area (Å²) in [5.41, 5.74) is -1.56. The molecule has 2 aliphatic heterocycles. The number of amides is 6. The molecule has 6 amide bonds. The minimum Gasteiger partial charge on any atom is -0.481 e. The number of aromatic carboxylic acids is 1. The van der Waals surface area contributed by atoms with Crippen molar-refractivity contribution in [3.05, 3.63) is 72.3 Å². The standard InChI is InChI=1S/C40H48N6O14S/c1-2-44(30-15-9-8-14-29(30)36(51)52)39(55)60-27-21-31-34(49)42-40(37(53)43-61(56,57)28-16-17-28)22-25(40)11-5-4-10-19-58-24-32(35(50)45(31)23-27)46(59-20-18-33(47)48)38(54)41-26-12-6-3-7-13-26/h3,5-9,11-15,25,27-28,31-32H,2,4,10,16-24H2,1H3,(H,41,54)(H,42,49)(H,43,53)(H,47,48)(H,51,52)/b11-5+. The lowest BCUT2D eigenvalue weighted by atomic mass is 10.1. The molecule has 2 saturated carbocycles. The first-order valence-corrected chi connectivity index (χ1v) is 21.4. The van der Waals surface area contributed by atoms with Crippen LogP contribution in [0.25, 0.3) is 0 Å². The van der Waals surface area contributed by atoms with Gasteiger partial charge in [-0.05, 0) is 63.3 Å². The number of hydrogen-bond donors (Lipinski definition) is 5. The van der Waals surface area contributed by atoms with Crippen LogP contribution in [0.4, 0.5) is 21.0 Å². The van der Waals surface area contributed by atoms with Gasteiger partial charge in [0.05, 0.1) is 42.7 Å². The molecule has 2 aliphatic carbocycles. The minimum atomic E-state index is -4.03. The second-order valence-electron chi connectivity index (χ2n) is 15.0. The first kappa shape index (κ1) is 44.5. The molecule has 0 bridgehead atoms. The van der Waals surface area contributed by atoms with E-state index in [9.17, 15) is 52.2 Å². The van der Waals surface area contributed by atoms with Gasteiger partial charge in [-0.3, -0.25) is 33.6 Å². The zero-order valence-corrected chi connectivity index (χ0v) is 34.1. The number of sulfonamides is 1. The average molecular weight is 869 g/mol. The van der Waals surface area contributed by atoms with Crippen LogP contribution in [0.2, 0.25) is 0 Å². The molecule has 2 aromatic carbocycles. The van der Waals surface area contributed by atoms with Gasteiger partial charge in [-0.2, -0.15) is 5.06 Å². The van der Waals surface area contributed by atoms with Crippen LogP contribution in [-0.2, 0) is 43.5 Å². The molecule has 6 rings (SSSR count). The van der Waals surface area contributed by atoms with Crippen LogP contribution >= 0.6 is 0 Å². The van der Waals surface area contributed by atoms with Gasteiger partial charge in [-0.25, -0.2) is 22.8 Å². The van der Waals surface area contributed by atoms with Gasteiger partial charge in [0.2, 0.25) is 15.9 Å². The maximum atomic E-state index is 14.9. The van der Waals surface area contributed by atoms with E-state index < -0.39 is 113 Å². The Morgan fingerprint density at radius 1 is 1.03 bits per heavy atom. The van der Waals surface area contributed by atoms with E-state index in [4.69, 9.17) is 14.3 Å². The first-order valence-electron chi connectivity index (χ1n) is 19.9. The number of carboxylic acid groups (broad SMARTS) is 2. The Balaban J connectivity index is 1.35. The minimum absolute atomic E-state index is 0.0295. The third-order valence-corrected chi connectivity index (χ3v) is 12.5. The Morgan fingerprint density at radius 2 is 1.75 bits per heavy atom. The van der Waals surface area contributed by atoms with Crippen molar-refractivity contribution in [2.45, 2.75) is 80.8 Å². The van der Waals surface area contributed by atoms with Crippen LogP contribution < -0.4 is 20.3 Å². The van der Waals surface area contributed by atoms with E-state index in [1.807, 2.05) is 0 Å². The van der Waals surface area contributed by atoms with Crippen LogP contribution in [-0.4, -0.2) is 132 Å². The normalized spacial score (nSPS) is 24.6. The molecule has 20 nitrogen and oxygen atoms in total. The number of nitrogens with zero attached hydrogens (tertiary/aromatic N) is 3. The zero-order chi connectivity index (χ0) is 43.9. The van der Waals surface area contributed by atoms with E-state index in [-0.39, 0.29) is 37.2 Å². The zero-order valence-electron chi connectivity index (χ0n) is 33.3. The number of hydroxylamine groups is 2. The number of para-hydroxylation sites is 2. The number of carbonyl (C=O) groups is 7. The lowest BCUT2D eigenvalue weighted by Crippen LogP contribution is -2.59. The van der Waals surface area contributed by atoms with E-state index in [2.05, 4.69) is 15.4 Å². The largest absolute Gasteiger partial charge is 0.481 e. The number of benzene rings is 2. The van der Waals surface area contributed by atoms with Crippen LogP contribution in [0.3, 0.4) is 0 Å². The monoisotopic (exact) mass is 868 g/mol. The summed E-state index contributed by atoms with van der Waals surface area (Å²) in [5, 5.41) is 24.4. The van der Waals surface area contributed by atoms with E-state index >= 15 is 0 Å². The summed E-state index contributed by atoms with van der Waals surface area (Å²) >= 11 is 0. The van der Waals surface area contributed by atoms with Gasteiger partial charge in [0.25, 0.3) is 11.8 Å². The number of carbonyl (C=O) groups excluding carboxylic acids is 5. The third-order valence-electron chi connectivity index (χ3n) is 10.7. The number of rotatable bonds is 13. The number of carboxylic acids is 2. The second-order valence-corrected chi connectivity index (χ2v) is 17.0. The van der Waals surface area contributed by atoms with Crippen LogP contribution in [0.1, 0.15) is 62.2 Å². The van der Waals surface area contributed by atoms with E-state index in [1.54, 1.807) is 49.4 Å². The van der Waals surface area contributed by atoms with Gasteiger partial charge in [0.1, 0.15) is 17.7 Å². The number of ether oxygens (including phenoxy) is 2. The first-order chi connectivity index (χ1) is 29.1. The number of anilines is 2. The SMILES string of the molecule is CCN(C(=O)OC1CC2C(=O)NC3(C(=O)NS(=O)(=O)C4CC4)CC3/C=C/CCCOCC(N(OCCC(=O)O)C(=O)Nc3ccccc3)C(=O)N2C1)c1ccccc1C(=O)O. The fraction of sp³-hybridized carbons (Fsp3) is 0.475. The van der Waals surface area contributed by atoms with Crippen LogP contribution in [0, 0.1) is 5.92 Å². The highest BCUT2D eigenvalue weighted by molar-refractivity contribution is 7.91. The maximum Gasteiger partial charge on any atom is 0.414 e. The molecule has 5 atom stereocenters. The highest BCUT2D eigenvalue weighted by Gasteiger charge is 2.62. The van der Waals surface area contributed by atoms with Gasteiger partial charge in [0.15, 0.2) is 6.04 Å². The molecule has 5 unspecified atom stereocenters. The predicted octanol–water partition coefficient (Wildman–Crippen LogP) is 2.48. The quantitative estimate of drug-likeness (QED) is 0.143. The molecule has 0 aromatic heterocycles.